The summed E-state index contributed by atoms with van der Waals surface area (Å²) in [6.07, 6.45) is 2.20. The third-order valence-corrected chi connectivity index (χ3v) is 3.53. The molecule has 1 aliphatic rings. The summed E-state index contributed by atoms with van der Waals surface area (Å²) >= 11 is 5.79. The molecule has 0 amide bonds. The summed E-state index contributed by atoms with van der Waals surface area (Å²) in [6.45, 7) is 2.32. The highest BCUT2D eigenvalue weighted by atomic mass is 35.5. The van der Waals surface area contributed by atoms with Crippen molar-refractivity contribution in [2.75, 3.05) is 13.2 Å². The van der Waals surface area contributed by atoms with Gasteiger partial charge in [0.1, 0.15) is 11.3 Å². The predicted octanol–water partition coefficient (Wildman–Crippen LogP) is 2.65. The molecule has 2 aromatic rings. The molecule has 0 spiro atoms. The van der Waals surface area contributed by atoms with Gasteiger partial charge in [-0.15, -0.1) is 5.10 Å². The van der Waals surface area contributed by atoms with Gasteiger partial charge in [-0.05, 0) is 18.9 Å². The van der Waals surface area contributed by atoms with Crippen molar-refractivity contribution in [3.8, 4) is 0 Å². The van der Waals surface area contributed by atoms with E-state index in [9.17, 15) is 4.39 Å². The van der Waals surface area contributed by atoms with E-state index in [0.717, 1.165) is 38.1 Å². The number of hydrogen-bond donors (Lipinski definition) is 0. The zero-order chi connectivity index (χ0) is 12.5. The molecule has 1 atom stereocenters. The molecule has 0 radical (unpaired) electrons. The van der Waals surface area contributed by atoms with E-state index in [2.05, 4.69) is 10.3 Å². The molecule has 18 heavy (non-hydrogen) atoms. The SMILES string of the molecule is Fc1cc2nnn(CC3CCCOC3)c2cc1Cl. The molecule has 1 aromatic heterocycles. The molecule has 1 aromatic carbocycles. The first-order valence-corrected chi connectivity index (χ1v) is 6.38. The minimum Gasteiger partial charge on any atom is -0.381 e. The topological polar surface area (TPSA) is 39.9 Å². The molecule has 1 saturated heterocycles. The summed E-state index contributed by atoms with van der Waals surface area (Å²) in [5.74, 6) is -0.0234. The standard InChI is InChI=1S/C12H13ClFN3O/c13-9-4-12-11(5-10(9)14)15-16-17(12)6-8-2-1-3-18-7-8/h4-5,8H,1-3,6-7H2. The van der Waals surface area contributed by atoms with Crippen LogP contribution in [0, 0.1) is 11.7 Å². The third-order valence-electron chi connectivity index (χ3n) is 3.24. The van der Waals surface area contributed by atoms with E-state index < -0.39 is 5.82 Å². The monoisotopic (exact) mass is 269 g/mol. The Bertz CT molecular complexity index is 566. The van der Waals surface area contributed by atoms with E-state index >= 15 is 0 Å². The van der Waals surface area contributed by atoms with Crippen LogP contribution in [-0.2, 0) is 11.3 Å². The summed E-state index contributed by atoms with van der Waals surface area (Å²) in [5.41, 5.74) is 1.31. The Kier molecular flexibility index (Phi) is 3.18. The van der Waals surface area contributed by atoms with Crippen molar-refractivity contribution >= 4 is 22.6 Å². The van der Waals surface area contributed by atoms with Crippen LogP contribution in [0.5, 0.6) is 0 Å². The van der Waals surface area contributed by atoms with Crippen LogP contribution in [0.4, 0.5) is 4.39 Å². The van der Waals surface area contributed by atoms with Crippen LogP contribution in [0.1, 0.15) is 12.8 Å². The molecule has 1 aliphatic heterocycles. The molecule has 3 rings (SSSR count). The van der Waals surface area contributed by atoms with Crippen LogP contribution in [0.15, 0.2) is 12.1 Å². The number of benzene rings is 1. The molecule has 6 heteroatoms. The highest BCUT2D eigenvalue weighted by Crippen LogP contribution is 2.23. The lowest BCUT2D eigenvalue weighted by molar-refractivity contribution is 0.0473. The van der Waals surface area contributed by atoms with Gasteiger partial charge in [0.15, 0.2) is 0 Å². The van der Waals surface area contributed by atoms with Crippen molar-refractivity contribution in [2.24, 2.45) is 5.92 Å². The predicted molar refractivity (Wildman–Crippen MR) is 66.0 cm³/mol. The van der Waals surface area contributed by atoms with Crippen molar-refractivity contribution in [3.63, 3.8) is 0 Å². The van der Waals surface area contributed by atoms with Gasteiger partial charge >= 0.3 is 0 Å². The number of halogens is 2. The Labute approximate surface area is 109 Å². The Morgan fingerprint density at radius 3 is 3.17 bits per heavy atom. The summed E-state index contributed by atoms with van der Waals surface area (Å²) in [4.78, 5) is 0. The lowest BCUT2D eigenvalue weighted by atomic mass is 10.0. The van der Waals surface area contributed by atoms with Crippen LogP contribution in [0.25, 0.3) is 11.0 Å². The first kappa shape index (κ1) is 11.9. The van der Waals surface area contributed by atoms with Gasteiger partial charge in [0.05, 0.1) is 17.1 Å². The number of hydrogen-bond acceptors (Lipinski definition) is 3. The molecule has 2 heterocycles. The number of aromatic nitrogens is 3. The Morgan fingerprint density at radius 1 is 1.50 bits per heavy atom. The molecule has 0 N–H and O–H groups in total. The number of fused-ring (bicyclic) bond motifs is 1. The maximum absolute atomic E-state index is 13.3. The van der Waals surface area contributed by atoms with Gasteiger partial charge in [-0.2, -0.15) is 0 Å². The van der Waals surface area contributed by atoms with E-state index in [1.165, 1.54) is 6.07 Å². The van der Waals surface area contributed by atoms with Gasteiger partial charge in [-0.1, -0.05) is 16.8 Å². The number of ether oxygens (including phenoxy) is 1. The van der Waals surface area contributed by atoms with E-state index in [-0.39, 0.29) is 5.02 Å². The van der Waals surface area contributed by atoms with Gasteiger partial charge in [-0.3, -0.25) is 0 Å². The van der Waals surface area contributed by atoms with Gasteiger partial charge in [-0.25, -0.2) is 9.07 Å². The second-order valence-electron chi connectivity index (χ2n) is 4.61. The van der Waals surface area contributed by atoms with Gasteiger partial charge in [0.2, 0.25) is 0 Å². The average molecular weight is 270 g/mol. The molecule has 1 unspecified atom stereocenters. The van der Waals surface area contributed by atoms with Gasteiger partial charge in [0, 0.05) is 25.1 Å². The quantitative estimate of drug-likeness (QED) is 0.841. The largest absolute Gasteiger partial charge is 0.381 e. The highest BCUT2D eigenvalue weighted by Gasteiger charge is 2.17. The van der Waals surface area contributed by atoms with Crippen molar-refractivity contribution in [1.29, 1.82) is 0 Å². The summed E-state index contributed by atoms with van der Waals surface area (Å²) in [7, 11) is 0. The summed E-state index contributed by atoms with van der Waals surface area (Å²) in [5, 5.41) is 8.12. The fourth-order valence-corrected chi connectivity index (χ4v) is 2.45. The minimum atomic E-state index is -0.461. The minimum absolute atomic E-state index is 0.103. The van der Waals surface area contributed by atoms with Crippen LogP contribution in [0.3, 0.4) is 0 Å². The normalized spacial score (nSPS) is 20.4. The van der Waals surface area contributed by atoms with Gasteiger partial charge in [0.25, 0.3) is 0 Å². The Balaban J connectivity index is 1.89. The Morgan fingerprint density at radius 2 is 2.39 bits per heavy atom. The van der Waals surface area contributed by atoms with Crippen molar-refractivity contribution < 1.29 is 9.13 Å². The van der Waals surface area contributed by atoms with Crippen LogP contribution in [0.2, 0.25) is 5.02 Å². The average Bonchev–Trinajstić information content (AvgIpc) is 2.74. The fraction of sp³-hybridized carbons (Fsp3) is 0.500. The Hall–Kier alpha value is -1.20. The van der Waals surface area contributed by atoms with Crippen LogP contribution in [-0.4, -0.2) is 28.2 Å². The molecule has 0 aliphatic carbocycles. The van der Waals surface area contributed by atoms with Crippen molar-refractivity contribution in [1.82, 2.24) is 15.0 Å². The van der Waals surface area contributed by atoms with Crippen molar-refractivity contribution in [3.05, 3.63) is 23.0 Å². The second-order valence-corrected chi connectivity index (χ2v) is 5.02. The van der Waals surface area contributed by atoms with E-state index in [1.807, 2.05) is 0 Å². The zero-order valence-corrected chi connectivity index (χ0v) is 10.5. The van der Waals surface area contributed by atoms with E-state index in [0.29, 0.717) is 11.4 Å². The summed E-state index contributed by atoms with van der Waals surface area (Å²) < 4.78 is 20.5. The molecule has 0 saturated carbocycles. The van der Waals surface area contributed by atoms with Gasteiger partial charge < -0.3 is 4.74 Å². The molecule has 1 fully saturated rings. The van der Waals surface area contributed by atoms with E-state index in [4.69, 9.17) is 16.3 Å². The fourth-order valence-electron chi connectivity index (χ4n) is 2.29. The first-order valence-electron chi connectivity index (χ1n) is 6.00. The third kappa shape index (κ3) is 2.20. The molecule has 96 valence electrons. The summed E-state index contributed by atoms with van der Waals surface area (Å²) in [6, 6.07) is 2.90. The smallest absolute Gasteiger partial charge is 0.144 e. The number of nitrogens with zero attached hydrogens (tertiary/aromatic N) is 3. The van der Waals surface area contributed by atoms with Crippen LogP contribution >= 0.6 is 11.6 Å². The zero-order valence-electron chi connectivity index (χ0n) is 9.77. The second kappa shape index (κ2) is 4.82. The maximum atomic E-state index is 13.3. The highest BCUT2D eigenvalue weighted by molar-refractivity contribution is 6.31. The molecular formula is C12H13ClFN3O. The molecule has 0 bridgehead atoms. The molecular weight excluding hydrogens is 257 g/mol. The lowest BCUT2D eigenvalue weighted by Gasteiger charge is -2.21. The molecule has 4 nitrogen and oxygen atoms in total. The van der Waals surface area contributed by atoms with Crippen LogP contribution < -0.4 is 0 Å². The lowest BCUT2D eigenvalue weighted by Crippen LogP contribution is -2.22. The maximum Gasteiger partial charge on any atom is 0.144 e. The van der Waals surface area contributed by atoms with E-state index in [1.54, 1.807) is 10.7 Å². The first-order chi connectivity index (χ1) is 8.74. The number of rotatable bonds is 2. The van der Waals surface area contributed by atoms with Crippen molar-refractivity contribution in [2.45, 2.75) is 19.4 Å².